The van der Waals surface area contributed by atoms with E-state index in [1.807, 2.05) is 24.3 Å². The Morgan fingerprint density at radius 3 is 2.90 bits per heavy atom. The van der Waals surface area contributed by atoms with Gasteiger partial charge in [0.1, 0.15) is 10.4 Å². The number of hydrogen-bond donors (Lipinski definition) is 1. The van der Waals surface area contributed by atoms with Crippen LogP contribution in [0.15, 0.2) is 47.2 Å². The Morgan fingerprint density at radius 2 is 2.15 bits per heavy atom. The highest BCUT2D eigenvalue weighted by Gasteiger charge is 2.06. The molecule has 5 heteroatoms. The number of ether oxygens (including phenoxy) is 1. The highest BCUT2D eigenvalue weighted by atomic mass is 79.9. The van der Waals surface area contributed by atoms with E-state index >= 15 is 0 Å². The first-order valence-corrected chi connectivity index (χ1v) is 7.01. The van der Waals surface area contributed by atoms with E-state index in [1.54, 1.807) is 25.4 Å². The van der Waals surface area contributed by atoms with E-state index in [-0.39, 0.29) is 5.91 Å². The van der Waals surface area contributed by atoms with Crippen LogP contribution in [0, 0.1) is 0 Å². The maximum Gasteiger partial charge on any atom is 0.251 e. The second-order valence-electron chi connectivity index (χ2n) is 4.18. The normalized spacial score (nSPS) is 10.1. The molecule has 0 radical (unpaired) electrons. The van der Waals surface area contributed by atoms with Crippen molar-refractivity contribution in [3.63, 3.8) is 0 Å². The fraction of sp³-hybridized carbons (Fsp3) is 0.200. The molecule has 0 spiro atoms. The van der Waals surface area contributed by atoms with Crippen LogP contribution in [0.2, 0.25) is 0 Å². The van der Waals surface area contributed by atoms with Crippen molar-refractivity contribution in [2.24, 2.45) is 0 Å². The first-order chi connectivity index (χ1) is 9.70. The summed E-state index contributed by atoms with van der Waals surface area (Å²) in [7, 11) is 1.64. The number of carbonyl (C=O) groups is 1. The summed E-state index contributed by atoms with van der Waals surface area (Å²) in [4.78, 5) is 15.9. The number of nitrogens with one attached hydrogen (secondary N) is 1. The number of amides is 1. The number of nitrogens with zero attached hydrogens (tertiary/aromatic N) is 1. The van der Waals surface area contributed by atoms with Crippen molar-refractivity contribution in [3.8, 4) is 5.75 Å². The number of pyridine rings is 1. The maximum absolute atomic E-state index is 12.0. The molecule has 0 aliphatic carbocycles. The molecule has 1 amide bonds. The Bertz CT molecular complexity index is 602. The second-order valence-corrected chi connectivity index (χ2v) is 5.00. The molecule has 0 aliphatic rings. The molecule has 1 aromatic heterocycles. The quantitative estimate of drug-likeness (QED) is 0.855. The van der Waals surface area contributed by atoms with E-state index in [2.05, 4.69) is 26.2 Å². The summed E-state index contributed by atoms with van der Waals surface area (Å²) >= 11 is 3.25. The van der Waals surface area contributed by atoms with Crippen LogP contribution in [-0.4, -0.2) is 24.5 Å². The van der Waals surface area contributed by atoms with Crippen LogP contribution in [0.4, 0.5) is 0 Å². The third kappa shape index (κ3) is 3.81. The minimum absolute atomic E-state index is 0.108. The summed E-state index contributed by atoms with van der Waals surface area (Å²) in [6.45, 7) is 0.555. The molecular formula is C15H15BrN2O2. The fourth-order valence-corrected chi connectivity index (χ4v) is 2.23. The van der Waals surface area contributed by atoms with Crippen molar-refractivity contribution in [1.29, 1.82) is 0 Å². The number of hydrogen-bond acceptors (Lipinski definition) is 3. The lowest BCUT2D eigenvalue weighted by molar-refractivity contribution is 0.0954. The zero-order chi connectivity index (χ0) is 14.4. The van der Waals surface area contributed by atoms with Crippen LogP contribution in [0.25, 0.3) is 0 Å². The van der Waals surface area contributed by atoms with Gasteiger partial charge in [0.15, 0.2) is 0 Å². The molecule has 1 heterocycles. The van der Waals surface area contributed by atoms with Gasteiger partial charge in [0.05, 0.1) is 7.11 Å². The van der Waals surface area contributed by atoms with Gasteiger partial charge < -0.3 is 10.1 Å². The smallest absolute Gasteiger partial charge is 0.251 e. The highest BCUT2D eigenvalue weighted by molar-refractivity contribution is 9.10. The molecule has 0 saturated heterocycles. The lowest BCUT2D eigenvalue weighted by Crippen LogP contribution is -2.25. The molecule has 1 aromatic carbocycles. The van der Waals surface area contributed by atoms with Crippen molar-refractivity contribution >= 4 is 21.8 Å². The third-order valence-electron chi connectivity index (χ3n) is 2.86. The maximum atomic E-state index is 12.0. The van der Waals surface area contributed by atoms with Crippen molar-refractivity contribution in [1.82, 2.24) is 10.3 Å². The monoisotopic (exact) mass is 334 g/mol. The average molecular weight is 335 g/mol. The average Bonchev–Trinajstić information content (AvgIpc) is 2.47. The molecule has 0 bridgehead atoms. The molecular weight excluding hydrogens is 320 g/mol. The predicted octanol–water partition coefficient (Wildman–Crippen LogP) is 2.83. The van der Waals surface area contributed by atoms with Gasteiger partial charge in [0, 0.05) is 18.3 Å². The van der Waals surface area contributed by atoms with Gasteiger partial charge in [-0.25, -0.2) is 4.98 Å². The van der Waals surface area contributed by atoms with E-state index in [4.69, 9.17) is 4.74 Å². The summed E-state index contributed by atoms with van der Waals surface area (Å²) in [5.41, 5.74) is 1.66. The van der Waals surface area contributed by atoms with E-state index in [0.717, 1.165) is 17.7 Å². The van der Waals surface area contributed by atoms with Crippen LogP contribution in [0.3, 0.4) is 0 Å². The molecule has 0 atom stereocenters. The number of rotatable bonds is 5. The summed E-state index contributed by atoms with van der Waals surface area (Å²) in [6, 6.07) is 11.2. The van der Waals surface area contributed by atoms with Crippen molar-refractivity contribution in [3.05, 3.63) is 58.3 Å². The molecule has 2 rings (SSSR count). The number of halogens is 1. The number of para-hydroxylation sites is 1. The standard InChI is InChI=1S/C15H15BrN2O2/c1-20-13-5-3-2-4-11(13)6-9-18-15(19)12-7-8-17-14(16)10-12/h2-5,7-8,10H,6,9H2,1H3,(H,18,19). The van der Waals surface area contributed by atoms with Crippen LogP contribution >= 0.6 is 15.9 Å². The Labute approximate surface area is 126 Å². The Hall–Kier alpha value is -1.88. The molecule has 4 nitrogen and oxygen atoms in total. The predicted molar refractivity (Wildman–Crippen MR) is 81.0 cm³/mol. The van der Waals surface area contributed by atoms with Gasteiger partial charge in [-0.15, -0.1) is 0 Å². The van der Waals surface area contributed by atoms with Crippen LogP contribution in [-0.2, 0) is 6.42 Å². The Kier molecular flexibility index (Phi) is 5.12. The Balaban J connectivity index is 1.91. The van der Waals surface area contributed by atoms with Gasteiger partial charge in [0.2, 0.25) is 0 Å². The van der Waals surface area contributed by atoms with Gasteiger partial charge in [0.25, 0.3) is 5.91 Å². The topological polar surface area (TPSA) is 51.2 Å². The van der Waals surface area contributed by atoms with E-state index in [9.17, 15) is 4.79 Å². The van der Waals surface area contributed by atoms with Crippen molar-refractivity contribution in [2.45, 2.75) is 6.42 Å². The molecule has 0 aliphatic heterocycles. The lowest BCUT2D eigenvalue weighted by Gasteiger charge is -2.09. The van der Waals surface area contributed by atoms with Gasteiger partial charge in [-0.1, -0.05) is 18.2 Å². The van der Waals surface area contributed by atoms with Crippen LogP contribution in [0.1, 0.15) is 15.9 Å². The third-order valence-corrected chi connectivity index (χ3v) is 3.29. The molecule has 2 aromatic rings. The molecule has 0 unspecified atom stereocenters. The number of aromatic nitrogens is 1. The zero-order valence-electron chi connectivity index (χ0n) is 11.1. The van der Waals surface area contributed by atoms with E-state index < -0.39 is 0 Å². The number of benzene rings is 1. The minimum atomic E-state index is -0.108. The molecule has 0 saturated carbocycles. The SMILES string of the molecule is COc1ccccc1CCNC(=O)c1ccnc(Br)c1. The Morgan fingerprint density at radius 1 is 1.35 bits per heavy atom. The van der Waals surface area contributed by atoms with E-state index in [0.29, 0.717) is 16.7 Å². The minimum Gasteiger partial charge on any atom is -0.496 e. The molecule has 0 fully saturated rings. The van der Waals surface area contributed by atoms with Gasteiger partial charge in [-0.05, 0) is 46.1 Å². The van der Waals surface area contributed by atoms with Crippen molar-refractivity contribution in [2.75, 3.05) is 13.7 Å². The summed E-state index contributed by atoms with van der Waals surface area (Å²) < 4.78 is 5.92. The molecule has 1 N–H and O–H groups in total. The van der Waals surface area contributed by atoms with Crippen LogP contribution in [0.5, 0.6) is 5.75 Å². The largest absolute Gasteiger partial charge is 0.496 e. The number of carbonyl (C=O) groups excluding carboxylic acids is 1. The number of methoxy groups -OCH3 is 1. The van der Waals surface area contributed by atoms with E-state index in [1.165, 1.54) is 0 Å². The summed E-state index contributed by atoms with van der Waals surface area (Å²) in [5, 5.41) is 2.88. The fourth-order valence-electron chi connectivity index (χ4n) is 1.87. The summed E-state index contributed by atoms with van der Waals surface area (Å²) in [6.07, 6.45) is 2.32. The van der Waals surface area contributed by atoms with Gasteiger partial charge in [-0.2, -0.15) is 0 Å². The van der Waals surface area contributed by atoms with Crippen molar-refractivity contribution < 1.29 is 9.53 Å². The van der Waals surface area contributed by atoms with Gasteiger partial charge >= 0.3 is 0 Å². The molecule has 20 heavy (non-hydrogen) atoms. The first-order valence-electron chi connectivity index (χ1n) is 6.22. The second kappa shape index (κ2) is 7.05. The highest BCUT2D eigenvalue weighted by Crippen LogP contribution is 2.17. The molecule has 104 valence electrons. The van der Waals surface area contributed by atoms with Crippen LogP contribution < -0.4 is 10.1 Å². The van der Waals surface area contributed by atoms with Gasteiger partial charge in [-0.3, -0.25) is 4.79 Å². The zero-order valence-corrected chi connectivity index (χ0v) is 12.7. The lowest BCUT2D eigenvalue weighted by atomic mass is 10.1. The first kappa shape index (κ1) is 14.5. The summed E-state index contributed by atoms with van der Waals surface area (Å²) in [5.74, 6) is 0.733.